The van der Waals surface area contributed by atoms with Crippen LogP contribution in [-0.4, -0.2) is 16.6 Å². The maximum atomic E-state index is 11.4. The van der Waals surface area contributed by atoms with Crippen LogP contribution < -0.4 is 5.32 Å². The summed E-state index contributed by atoms with van der Waals surface area (Å²) in [6.45, 7) is 5.58. The Labute approximate surface area is 107 Å². The second-order valence-electron chi connectivity index (χ2n) is 5.02. The van der Waals surface area contributed by atoms with E-state index in [0.29, 0.717) is 17.7 Å². The zero-order chi connectivity index (χ0) is 13.8. The lowest BCUT2D eigenvalue weighted by Gasteiger charge is -2.29. The average molecular weight is 246 g/mol. The number of nitrogens with zero attached hydrogens (tertiary/aromatic N) is 1. The zero-order valence-corrected chi connectivity index (χ0v) is 10.9. The number of nitriles is 1. The predicted octanol–water partition coefficient (Wildman–Crippen LogP) is 2.86. The lowest BCUT2D eigenvalue weighted by Crippen LogP contribution is -2.44. The van der Waals surface area contributed by atoms with E-state index in [2.05, 4.69) is 11.4 Å². The van der Waals surface area contributed by atoms with Crippen molar-refractivity contribution >= 4 is 11.7 Å². The largest absolute Gasteiger partial charge is 0.480 e. The molecule has 0 saturated heterocycles. The van der Waals surface area contributed by atoms with Crippen molar-refractivity contribution in [2.45, 2.75) is 32.7 Å². The van der Waals surface area contributed by atoms with Gasteiger partial charge in [0, 0.05) is 0 Å². The molecule has 0 aliphatic carbocycles. The molecule has 1 unspecified atom stereocenters. The molecule has 0 aromatic heterocycles. The van der Waals surface area contributed by atoms with Gasteiger partial charge in [0.1, 0.15) is 11.6 Å². The smallest absolute Gasteiger partial charge is 0.329 e. The van der Waals surface area contributed by atoms with Crippen molar-refractivity contribution in [1.82, 2.24) is 0 Å². The van der Waals surface area contributed by atoms with Gasteiger partial charge in [-0.2, -0.15) is 5.26 Å². The van der Waals surface area contributed by atoms with Crippen molar-refractivity contribution < 1.29 is 9.90 Å². The molecule has 0 spiro atoms. The van der Waals surface area contributed by atoms with Crippen LogP contribution in [0.1, 0.15) is 32.8 Å². The summed E-state index contributed by atoms with van der Waals surface area (Å²) in [4.78, 5) is 11.4. The third-order valence-corrected chi connectivity index (χ3v) is 2.75. The first-order valence-electron chi connectivity index (χ1n) is 5.90. The average Bonchev–Trinajstić information content (AvgIpc) is 2.28. The minimum absolute atomic E-state index is 0.243. The van der Waals surface area contributed by atoms with Crippen LogP contribution in [0.3, 0.4) is 0 Å². The van der Waals surface area contributed by atoms with Gasteiger partial charge in [0.2, 0.25) is 0 Å². The predicted molar refractivity (Wildman–Crippen MR) is 70.3 cm³/mol. The van der Waals surface area contributed by atoms with Gasteiger partial charge in [-0.25, -0.2) is 4.79 Å². The van der Waals surface area contributed by atoms with Gasteiger partial charge >= 0.3 is 5.97 Å². The number of carboxylic acids is 1. The first-order chi connectivity index (χ1) is 8.39. The van der Waals surface area contributed by atoms with E-state index >= 15 is 0 Å². The molecule has 1 aromatic carbocycles. The van der Waals surface area contributed by atoms with Crippen LogP contribution in [0.25, 0.3) is 0 Å². The Bertz CT molecular complexity index is 477. The van der Waals surface area contributed by atoms with Crippen LogP contribution in [0.4, 0.5) is 5.69 Å². The summed E-state index contributed by atoms with van der Waals surface area (Å²) < 4.78 is 0. The van der Waals surface area contributed by atoms with Gasteiger partial charge in [-0.3, -0.25) is 0 Å². The summed E-state index contributed by atoms with van der Waals surface area (Å²) in [5, 5.41) is 21.3. The van der Waals surface area contributed by atoms with Crippen LogP contribution in [0.2, 0.25) is 0 Å². The molecule has 1 atom stereocenters. The van der Waals surface area contributed by atoms with Crippen LogP contribution in [0, 0.1) is 17.2 Å². The standard InChI is InChI=1S/C14H18N2O2/c1-10(2)8-14(3,13(17)18)16-12-7-5-4-6-11(12)9-15/h4-7,10,16H,8H2,1-3H3,(H,17,18). The van der Waals surface area contributed by atoms with E-state index in [4.69, 9.17) is 5.26 Å². The molecule has 0 fully saturated rings. The molecular weight excluding hydrogens is 228 g/mol. The number of benzene rings is 1. The molecule has 1 aromatic rings. The van der Waals surface area contributed by atoms with Crippen molar-refractivity contribution in [1.29, 1.82) is 5.26 Å². The zero-order valence-electron chi connectivity index (χ0n) is 10.9. The van der Waals surface area contributed by atoms with Gasteiger partial charge in [-0.05, 0) is 31.4 Å². The Morgan fingerprint density at radius 2 is 2.11 bits per heavy atom. The highest BCUT2D eigenvalue weighted by molar-refractivity contribution is 5.83. The molecule has 2 N–H and O–H groups in total. The monoisotopic (exact) mass is 246 g/mol. The number of hydrogen-bond acceptors (Lipinski definition) is 3. The van der Waals surface area contributed by atoms with Gasteiger partial charge in [0.05, 0.1) is 11.3 Å². The molecule has 4 heteroatoms. The van der Waals surface area contributed by atoms with E-state index in [1.165, 1.54) is 0 Å². The minimum atomic E-state index is -1.07. The maximum Gasteiger partial charge on any atom is 0.329 e. The highest BCUT2D eigenvalue weighted by Crippen LogP contribution is 2.25. The topological polar surface area (TPSA) is 73.1 Å². The Morgan fingerprint density at radius 1 is 1.50 bits per heavy atom. The number of anilines is 1. The first-order valence-corrected chi connectivity index (χ1v) is 5.90. The summed E-state index contributed by atoms with van der Waals surface area (Å²) in [7, 11) is 0. The van der Waals surface area contributed by atoms with E-state index in [1.807, 2.05) is 13.8 Å². The van der Waals surface area contributed by atoms with Gasteiger partial charge in [-0.15, -0.1) is 0 Å². The fraction of sp³-hybridized carbons (Fsp3) is 0.429. The third kappa shape index (κ3) is 3.24. The number of carboxylic acid groups (broad SMARTS) is 1. The number of nitrogens with one attached hydrogen (secondary N) is 1. The number of aliphatic carboxylic acids is 1. The number of hydrogen-bond donors (Lipinski definition) is 2. The Balaban J connectivity index is 3.05. The van der Waals surface area contributed by atoms with Gasteiger partial charge < -0.3 is 10.4 Å². The van der Waals surface area contributed by atoms with Crippen molar-refractivity contribution in [2.24, 2.45) is 5.92 Å². The molecular formula is C14H18N2O2. The van der Waals surface area contributed by atoms with Crippen molar-refractivity contribution in [3.8, 4) is 6.07 Å². The minimum Gasteiger partial charge on any atom is -0.480 e. The first kappa shape index (κ1) is 14.0. The molecule has 96 valence electrons. The third-order valence-electron chi connectivity index (χ3n) is 2.75. The fourth-order valence-corrected chi connectivity index (χ4v) is 2.00. The molecule has 0 saturated carbocycles. The van der Waals surface area contributed by atoms with Crippen LogP contribution in [-0.2, 0) is 4.79 Å². The van der Waals surface area contributed by atoms with E-state index < -0.39 is 11.5 Å². The summed E-state index contributed by atoms with van der Waals surface area (Å²) >= 11 is 0. The lowest BCUT2D eigenvalue weighted by molar-refractivity contribution is -0.142. The molecule has 0 radical (unpaired) electrons. The summed E-state index contributed by atoms with van der Waals surface area (Å²) in [5.74, 6) is -0.670. The number of rotatable bonds is 5. The van der Waals surface area contributed by atoms with Crippen LogP contribution in [0.5, 0.6) is 0 Å². The quantitative estimate of drug-likeness (QED) is 0.837. The maximum absolute atomic E-state index is 11.4. The van der Waals surface area contributed by atoms with Gasteiger partial charge in [0.15, 0.2) is 0 Å². The molecule has 4 nitrogen and oxygen atoms in total. The SMILES string of the molecule is CC(C)CC(C)(Nc1ccccc1C#N)C(=O)O. The summed E-state index contributed by atoms with van der Waals surface area (Å²) in [6, 6.07) is 8.98. The van der Waals surface area contributed by atoms with Crippen LogP contribution in [0.15, 0.2) is 24.3 Å². The molecule has 0 aliphatic heterocycles. The van der Waals surface area contributed by atoms with E-state index in [-0.39, 0.29) is 5.92 Å². The molecule has 18 heavy (non-hydrogen) atoms. The Morgan fingerprint density at radius 3 is 2.61 bits per heavy atom. The second-order valence-corrected chi connectivity index (χ2v) is 5.02. The molecule has 0 heterocycles. The molecule has 0 aliphatic rings. The van der Waals surface area contributed by atoms with Crippen molar-refractivity contribution in [3.63, 3.8) is 0 Å². The van der Waals surface area contributed by atoms with E-state index in [1.54, 1.807) is 31.2 Å². The Hall–Kier alpha value is -2.02. The highest BCUT2D eigenvalue weighted by Gasteiger charge is 2.34. The number of carbonyl (C=O) groups is 1. The lowest BCUT2D eigenvalue weighted by atomic mass is 9.90. The number of para-hydroxylation sites is 1. The van der Waals surface area contributed by atoms with Crippen molar-refractivity contribution in [2.75, 3.05) is 5.32 Å². The van der Waals surface area contributed by atoms with Crippen LogP contribution >= 0.6 is 0 Å². The van der Waals surface area contributed by atoms with E-state index in [0.717, 1.165) is 0 Å². The molecule has 0 amide bonds. The highest BCUT2D eigenvalue weighted by atomic mass is 16.4. The molecule has 1 rings (SSSR count). The fourth-order valence-electron chi connectivity index (χ4n) is 2.00. The van der Waals surface area contributed by atoms with E-state index in [9.17, 15) is 9.90 Å². The van der Waals surface area contributed by atoms with Gasteiger partial charge in [-0.1, -0.05) is 26.0 Å². The van der Waals surface area contributed by atoms with Gasteiger partial charge in [0.25, 0.3) is 0 Å². The van der Waals surface area contributed by atoms with Crippen molar-refractivity contribution in [3.05, 3.63) is 29.8 Å². The second kappa shape index (κ2) is 5.54. The summed E-state index contributed by atoms with van der Waals surface area (Å²) in [6.07, 6.45) is 0.488. The normalized spacial score (nSPS) is 13.7. The summed E-state index contributed by atoms with van der Waals surface area (Å²) in [5.41, 5.74) is -0.0551. The molecule has 0 bridgehead atoms. The Kier molecular flexibility index (Phi) is 4.33.